The number of hydrogen-bond donors (Lipinski definition) is 3. The minimum absolute atomic E-state index is 0.144. The Morgan fingerprint density at radius 2 is 1.97 bits per heavy atom. The molecule has 5 rings (SSSR count). The van der Waals surface area contributed by atoms with Crippen LogP contribution in [-0.2, 0) is 4.74 Å². The fourth-order valence-electron chi connectivity index (χ4n) is 4.18. The van der Waals surface area contributed by atoms with Crippen molar-refractivity contribution in [3.05, 3.63) is 66.5 Å². The van der Waals surface area contributed by atoms with Crippen LogP contribution >= 0.6 is 0 Å². The van der Waals surface area contributed by atoms with E-state index in [9.17, 15) is 0 Å². The third-order valence-corrected chi connectivity index (χ3v) is 6.05. The molecule has 4 aromatic rings. The predicted molar refractivity (Wildman–Crippen MR) is 143 cm³/mol. The second-order valence-electron chi connectivity index (χ2n) is 8.94. The van der Waals surface area contributed by atoms with Crippen LogP contribution in [0.25, 0.3) is 22.0 Å². The third-order valence-electron chi connectivity index (χ3n) is 6.05. The van der Waals surface area contributed by atoms with Gasteiger partial charge in [0.25, 0.3) is 0 Å². The molecule has 1 aliphatic heterocycles. The van der Waals surface area contributed by atoms with Crippen LogP contribution in [0.2, 0.25) is 0 Å². The van der Waals surface area contributed by atoms with Gasteiger partial charge in [-0.05, 0) is 50.0 Å². The van der Waals surface area contributed by atoms with Gasteiger partial charge in [0.2, 0.25) is 5.95 Å². The van der Waals surface area contributed by atoms with Crippen LogP contribution in [0.5, 0.6) is 5.75 Å². The molecule has 3 heterocycles. The van der Waals surface area contributed by atoms with Gasteiger partial charge in [-0.25, -0.2) is 4.98 Å². The Morgan fingerprint density at radius 3 is 2.75 bits per heavy atom. The van der Waals surface area contributed by atoms with Crippen molar-refractivity contribution >= 4 is 28.4 Å². The summed E-state index contributed by atoms with van der Waals surface area (Å²) in [5, 5.41) is 7.48. The van der Waals surface area contributed by atoms with Crippen molar-refractivity contribution in [3.8, 4) is 16.9 Å². The molecular formula is C27H31N7O2. The maximum absolute atomic E-state index is 6.38. The number of benzene rings is 2. The minimum Gasteiger partial charge on any atom is -0.492 e. The van der Waals surface area contributed by atoms with Crippen molar-refractivity contribution in [1.82, 2.24) is 25.2 Å². The average molecular weight is 486 g/mol. The van der Waals surface area contributed by atoms with Crippen LogP contribution < -0.4 is 21.1 Å². The fourth-order valence-corrected chi connectivity index (χ4v) is 4.18. The number of ether oxygens (including phenoxy) is 2. The number of nitrogen functional groups attached to an aromatic ring is 1. The summed E-state index contributed by atoms with van der Waals surface area (Å²) in [6, 6.07) is 17.8. The Kier molecular flexibility index (Phi) is 7.22. The van der Waals surface area contributed by atoms with E-state index in [0.717, 1.165) is 52.3 Å². The Hall–Kier alpha value is -3.79. The van der Waals surface area contributed by atoms with E-state index in [2.05, 4.69) is 25.5 Å². The number of aromatic nitrogens is 3. The van der Waals surface area contributed by atoms with Crippen molar-refractivity contribution < 1.29 is 9.47 Å². The molecule has 2 aromatic carbocycles. The van der Waals surface area contributed by atoms with Gasteiger partial charge in [-0.1, -0.05) is 24.3 Å². The van der Waals surface area contributed by atoms with Gasteiger partial charge in [0.1, 0.15) is 24.3 Å². The van der Waals surface area contributed by atoms with E-state index < -0.39 is 0 Å². The third kappa shape index (κ3) is 5.38. The minimum atomic E-state index is -0.144. The zero-order valence-corrected chi connectivity index (χ0v) is 20.6. The molecule has 0 saturated carbocycles. The molecule has 9 heteroatoms. The quantitative estimate of drug-likeness (QED) is 0.345. The molecule has 9 nitrogen and oxygen atoms in total. The number of rotatable bonds is 8. The van der Waals surface area contributed by atoms with E-state index in [1.807, 2.05) is 68.7 Å². The van der Waals surface area contributed by atoms with Gasteiger partial charge >= 0.3 is 0 Å². The Bertz CT molecular complexity index is 1320. The van der Waals surface area contributed by atoms with Crippen molar-refractivity contribution in [3.63, 3.8) is 0 Å². The lowest BCUT2D eigenvalue weighted by atomic mass is 10.0. The molecule has 1 unspecified atom stereocenters. The highest BCUT2D eigenvalue weighted by Crippen LogP contribution is 2.33. The van der Waals surface area contributed by atoms with Crippen LogP contribution in [0.1, 0.15) is 11.8 Å². The van der Waals surface area contributed by atoms with E-state index in [0.29, 0.717) is 31.5 Å². The van der Waals surface area contributed by atoms with Gasteiger partial charge in [-0.2, -0.15) is 4.98 Å². The molecule has 2 aromatic heterocycles. The van der Waals surface area contributed by atoms with E-state index in [-0.39, 0.29) is 6.10 Å². The number of hydrogen-bond acceptors (Lipinski definition) is 9. The van der Waals surface area contributed by atoms with Gasteiger partial charge in [0.15, 0.2) is 0 Å². The molecule has 186 valence electrons. The number of anilines is 3. The average Bonchev–Trinajstić information content (AvgIpc) is 2.90. The molecule has 0 amide bonds. The highest BCUT2D eigenvalue weighted by atomic mass is 16.5. The van der Waals surface area contributed by atoms with E-state index >= 15 is 0 Å². The Balaban J connectivity index is 1.44. The first-order chi connectivity index (χ1) is 17.6. The zero-order chi connectivity index (χ0) is 24.9. The van der Waals surface area contributed by atoms with Crippen LogP contribution in [0.3, 0.4) is 0 Å². The van der Waals surface area contributed by atoms with E-state index in [1.54, 1.807) is 6.20 Å². The first-order valence-corrected chi connectivity index (χ1v) is 12.1. The smallest absolute Gasteiger partial charge is 0.229 e. The monoisotopic (exact) mass is 485 g/mol. The molecule has 0 aliphatic carbocycles. The van der Waals surface area contributed by atoms with Crippen LogP contribution in [-0.4, -0.2) is 66.8 Å². The largest absolute Gasteiger partial charge is 0.492 e. The summed E-state index contributed by atoms with van der Waals surface area (Å²) in [6.07, 6.45) is 1.62. The Labute approximate surface area is 210 Å². The summed E-state index contributed by atoms with van der Waals surface area (Å²) in [5.41, 5.74) is 10.7. The predicted octanol–water partition coefficient (Wildman–Crippen LogP) is 3.62. The molecule has 36 heavy (non-hydrogen) atoms. The molecule has 1 aliphatic rings. The number of pyridine rings is 1. The van der Waals surface area contributed by atoms with Crippen LogP contribution in [0, 0.1) is 0 Å². The second kappa shape index (κ2) is 10.9. The van der Waals surface area contributed by atoms with Gasteiger partial charge in [-0.3, -0.25) is 4.98 Å². The SMILES string of the molecule is CN(C)CCOc1ccc(-c2cccc3c(N)nc(Nc4cccnc4C4CNCCO4)nc23)cc1. The normalized spacial score (nSPS) is 15.8. The lowest BCUT2D eigenvalue weighted by Crippen LogP contribution is -2.34. The number of para-hydroxylation sites is 1. The van der Waals surface area contributed by atoms with Crippen LogP contribution in [0.4, 0.5) is 17.5 Å². The number of nitrogens with two attached hydrogens (primary N) is 1. The van der Waals surface area contributed by atoms with Crippen LogP contribution in [0.15, 0.2) is 60.8 Å². The molecule has 0 bridgehead atoms. The summed E-state index contributed by atoms with van der Waals surface area (Å²) in [5.74, 6) is 1.66. The van der Waals surface area contributed by atoms with Gasteiger partial charge in [-0.15, -0.1) is 0 Å². The zero-order valence-electron chi connectivity index (χ0n) is 20.6. The molecule has 1 fully saturated rings. The molecule has 1 saturated heterocycles. The second-order valence-corrected chi connectivity index (χ2v) is 8.94. The number of fused-ring (bicyclic) bond motifs is 1. The molecule has 1 atom stereocenters. The fraction of sp³-hybridized carbons (Fsp3) is 0.296. The number of likely N-dealkylation sites (N-methyl/N-ethyl adjacent to an activating group) is 1. The summed E-state index contributed by atoms with van der Waals surface area (Å²) < 4.78 is 11.8. The summed E-state index contributed by atoms with van der Waals surface area (Å²) >= 11 is 0. The lowest BCUT2D eigenvalue weighted by Gasteiger charge is -2.24. The van der Waals surface area contributed by atoms with Crippen molar-refractivity contribution in [2.24, 2.45) is 0 Å². The van der Waals surface area contributed by atoms with Crippen molar-refractivity contribution in [2.75, 3.05) is 58.0 Å². The van der Waals surface area contributed by atoms with E-state index in [4.69, 9.17) is 20.2 Å². The number of nitrogens with zero attached hydrogens (tertiary/aromatic N) is 4. The molecule has 4 N–H and O–H groups in total. The van der Waals surface area contributed by atoms with Crippen molar-refractivity contribution in [1.29, 1.82) is 0 Å². The van der Waals surface area contributed by atoms with Gasteiger partial charge in [0, 0.05) is 36.8 Å². The molecule has 0 radical (unpaired) electrons. The van der Waals surface area contributed by atoms with Gasteiger partial charge < -0.3 is 30.7 Å². The summed E-state index contributed by atoms with van der Waals surface area (Å²) in [6.45, 7) is 3.67. The summed E-state index contributed by atoms with van der Waals surface area (Å²) in [7, 11) is 4.06. The first-order valence-electron chi connectivity index (χ1n) is 12.1. The highest BCUT2D eigenvalue weighted by molar-refractivity contribution is 5.99. The maximum atomic E-state index is 6.38. The molecular weight excluding hydrogens is 454 g/mol. The first kappa shape index (κ1) is 23.9. The molecule has 0 spiro atoms. The summed E-state index contributed by atoms with van der Waals surface area (Å²) in [4.78, 5) is 16.0. The standard InChI is InChI=1S/C27H31N7O2/c1-34(2)14-16-35-19-10-8-18(9-11-19)20-5-3-6-21-24(20)32-27(33-26(21)28)31-22-7-4-12-30-25(22)23-17-29-13-15-36-23/h3-12,23,29H,13-17H2,1-2H3,(H3,28,31,32,33). The van der Waals surface area contributed by atoms with Gasteiger partial charge in [0.05, 0.1) is 23.5 Å². The number of nitrogens with one attached hydrogen (secondary N) is 2. The lowest BCUT2D eigenvalue weighted by molar-refractivity contribution is 0.0255. The van der Waals surface area contributed by atoms with Crippen molar-refractivity contribution in [2.45, 2.75) is 6.10 Å². The van der Waals surface area contributed by atoms with E-state index in [1.165, 1.54) is 0 Å². The topological polar surface area (TPSA) is 110 Å². The highest BCUT2D eigenvalue weighted by Gasteiger charge is 2.21. The Morgan fingerprint density at radius 1 is 1.11 bits per heavy atom. The number of morpholine rings is 1. The maximum Gasteiger partial charge on any atom is 0.229 e.